The molecular formula is C24H35NO4. The monoisotopic (exact) mass is 401 g/mol. The summed E-state index contributed by atoms with van der Waals surface area (Å²) in [6, 6.07) is -0.0599. The molecule has 7 atom stereocenters. The van der Waals surface area contributed by atoms with Gasteiger partial charge in [0.15, 0.2) is 5.78 Å². The predicted molar refractivity (Wildman–Crippen MR) is 113 cm³/mol. The van der Waals surface area contributed by atoms with Gasteiger partial charge in [-0.3, -0.25) is 9.59 Å². The van der Waals surface area contributed by atoms with Crippen LogP contribution in [-0.2, 0) is 9.59 Å². The Morgan fingerprint density at radius 1 is 1.21 bits per heavy atom. The summed E-state index contributed by atoms with van der Waals surface area (Å²) in [5.41, 5.74) is 1.02. The van der Waals surface area contributed by atoms with Crippen molar-refractivity contribution < 1.29 is 19.8 Å². The Morgan fingerprint density at radius 2 is 1.90 bits per heavy atom. The fourth-order valence-corrected chi connectivity index (χ4v) is 5.53. The zero-order valence-electron chi connectivity index (χ0n) is 18.2. The molecule has 0 aromatic heterocycles. The molecule has 0 saturated carbocycles. The van der Waals surface area contributed by atoms with E-state index in [1.54, 1.807) is 0 Å². The van der Waals surface area contributed by atoms with Crippen LogP contribution in [0.25, 0.3) is 0 Å². The normalized spacial score (nSPS) is 40.6. The van der Waals surface area contributed by atoms with E-state index in [4.69, 9.17) is 0 Å². The first-order valence-electron chi connectivity index (χ1n) is 10.8. The molecule has 3 rings (SSSR count). The molecule has 1 saturated heterocycles. The van der Waals surface area contributed by atoms with Gasteiger partial charge in [0.25, 0.3) is 0 Å². The number of carbonyl (C=O) groups is 2. The Balaban J connectivity index is 2.20. The van der Waals surface area contributed by atoms with Crippen LogP contribution in [-0.4, -0.2) is 40.2 Å². The molecule has 5 nitrogen and oxygen atoms in total. The van der Waals surface area contributed by atoms with E-state index in [0.717, 1.165) is 12.0 Å². The highest BCUT2D eigenvalue weighted by Gasteiger charge is 2.64. The first-order valence-corrected chi connectivity index (χ1v) is 10.8. The molecule has 0 radical (unpaired) electrons. The van der Waals surface area contributed by atoms with Crippen molar-refractivity contribution in [2.45, 2.75) is 72.1 Å². The number of ketones is 1. The van der Waals surface area contributed by atoms with Crippen LogP contribution in [0.5, 0.6) is 0 Å². The van der Waals surface area contributed by atoms with Gasteiger partial charge in [-0.1, -0.05) is 50.1 Å². The number of hydrogen-bond donors (Lipinski definition) is 3. The Bertz CT molecular complexity index is 765. The molecule has 1 spiro atoms. The Kier molecular flexibility index (Phi) is 6.21. The molecule has 5 heteroatoms. The van der Waals surface area contributed by atoms with Crippen LogP contribution in [0.15, 0.2) is 35.5 Å². The first-order chi connectivity index (χ1) is 13.6. The Hall–Kier alpha value is -1.72. The molecule has 1 fully saturated rings. The van der Waals surface area contributed by atoms with Crippen molar-refractivity contribution in [2.75, 3.05) is 0 Å². The maximum absolute atomic E-state index is 13.6. The van der Waals surface area contributed by atoms with Gasteiger partial charge in [-0.15, -0.1) is 0 Å². The molecule has 0 aromatic rings. The summed E-state index contributed by atoms with van der Waals surface area (Å²) in [6.45, 7) is 10.4. The molecule has 2 aliphatic carbocycles. The van der Waals surface area contributed by atoms with Crippen molar-refractivity contribution in [1.82, 2.24) is 5.32 Å². The van der Waals surface area contributed by atoms with Crippen LogP contribution in [0, 0.1) is 29.1 Å². The van der Waals surface area contributed by atoms with Crippen molar-refractivity contribution in [1.29, 1.82) is 0 Å². The molecule has 0 aromatic carbocycles. The number of nitrogens with one attached hydrogen (secondary N) is 1. The van der Waals surface area contributed by atoms with Crippen molar-refractivity contribution >= 4 is 11.7 Å². The maximum Gasteiger partial charge on any atom is 0.235 e. The SMILES string of the molecule is CC1=C[C@H]2C=C(C)[C@@H](C)[C@H]3[C@H](CC(C)C)NC(=O)[C@@]23C(=O)C=C[C@H](O)[C@@H](O)CC1. The van der Waals surface area contributed by atoms with E-state index >= 15 is 0 Å². The average Bonchev–Trinajstić information content (AvgIpc) is 2.93. The zero-order chi connectivity index (χ0) is 21.5. The van der Waals surface area contributed by atoms with Crippen LogP contribution in [0.2, 0.25) is 0 Å². The quantitative estimate of drug-likeness (QED) is 0.490. The highest BCUT2D eigenvalue weighted by Crippen LogP contribution is 2.55. The van der Waals surface area contributed by atoms with Gasteiger partial charge in [0, 0.05) is 17.9 Å². The first kappa shape index (κ1) is 22.0. The number of rotatable bonds is 2. The lowest BCUT2D eigenvalue weighted by Gasteiger charge is -2.44. The van der Waals surface area contributed by atoms with Crippen molar-refractivity contribution in [3.63, 3.8) is 0 Å². The molecule has 1 amide bonds. The van der Waals surface area contributed by atoms with E-state index in [1.165, 1.54) is 17.7 Å². The molecule has 1 aliphatic heterocycles. The summed E-state index contributed by atoms with van der Waals surface area (Å²) in [7, 11) is 0. The van der Waals surface area contributed by atoms with Crippen LogP contribution < -0.4 is 5.32 Å². The minimum atomic E-state index is -1.20. The average molecular weight is 402 g/mol. The van der Waals surface area contributed by atoms with Crippen LogP contribution in [0.3, 0.4) is 0 Å². The molecule has 160 valence electrons. The molecule has 3 N–H and O–H groups in total. The van der Waals surface area contributed by atoms with Crippen LogP contribution in [0.4, 0.5) is 0 Å². The molecule has 0 unspecified atom stereocenters. The van der Waals surface area contributed by atoms with Gasteiger partial charge in [-0.25, -0.2) is 0 Å². The largest absolute Gasteiger partial charge is 0.390 e. The minimum absolute atomic E-state index is 0.0599. The second-order valence-corrected chi connectivity index (χ2v) is 9.66. The second kappa shape index (κ2) is 8.19. The van der Waals surface area contributed by atoms with Gasteiger partial charge in [-0.05, 0) is 51.0 Å². The molecule has 0 bridgehead atoms. The fourth-order valence-electron chi connectivity index (χ4n) is 5.53. The minimum Gasteiger partial charge on any atom is -0.390 e. The topological polar surface area (TPSA) is 86.6 Å². The Morgan fingerprint density at radius 3 is 2.55 bits per heavy atom. The Labute approximate surface area is 174 Å². The van der Waals surface area contributed by atoms with Gasteiger partial charge in [-0.2, -0.15) is 0 Å². The fraction of sp³-hybridized carbons (Fsp3) is 0.667. The highest BCUT2D eigenvalue weighted by atomic mass is 16.3. The van der Waals surface area contributed by atoms with Crippen molar-refractivity contribution in [2.24, 2.45) is 29.1 Å². The summed E-state index contributed by atoms with van der Waals surface area (Å²) in [5.74, 6) is -0.455. The van der Waals surface area contributed by atoms with Gasteiger partial charge in [0.05, 0.1) is 12.2 Å². The number of amides is 1. The third kappa shape index (κ3) is 3.75. The number of carbonyl (C=O) groups excluding carboxylic acids is 2. The van der Waals surface area contributed by atoms with Gasteiger partial charge in [0.1, 0.15) is 5.41 Å². The third-order valence-electron chi connectivity index (χ3n) is 7.15. The van der Waals surface area contributed by atoms with Gasteiger partial charge in [0.2, 0.25) is 5.91 Å². The number of allylic oxidation sites excluding steroid dienone is 5. The van der Waals surface area contributed by atoms with E-state index in [2.05, 4.69) is 39.1 Å². The van der Waals surface area contributed by atoms with Crippen molar-refractivity contribution in [3.8, 4) is 0 Å². The van der Waals surface area contributed by atoms with Crippen molar-refractivity contribution in [3.05, 3.63) is 35.5 Å². The summed E-state index contributed by atoms with van der Waals surface area (Å²) in [6.07, 6.45) is 6.60. The smallest absolute Gasteiger partial charge is 0.235 e. The van der Waals surface area contributed by atoms with Gasteiger partial charge < -0.3 is 15.5 Å². The molecule has 3 aliphatic rings. The van der Waals surface area contributed by atoms with E-state index in [-0.39, 0.29) is 35.5 Å². The lowest BCUT2D eigenvalue weighted by atomic mass is 9.55. The number of hydrogen-bond acceptors (Lipinski definition) is 4. The number of aliphatic hydroxyl groups excluding tert-OH is 2. The van der Waals surface area contributed by atoms with E-state index in [9.17, 15) is 19.8 Å². The molecule has 1 heterocycles. The van der Waals surface area contributed by atoms with E-state index in [1.807, 2.05) is 13.0 Å². The summed E-state index contributed by atoms with van der Waals surface area (Å²) in [5, 5.41) is 23.6. The highest BCUT2D eigenvalue weighted by molar-refractivity contribution is 6.13. The molecular weight excluding hydrogens is 366 g/mol. The third-order valence-corrected chi connectivity index (χ3v) is 7.15. The predicted octanol–water partition coefficient (Wildman–Crippen LogP) is 2.93. The zero-order valence-corrected chi connectivity index (χ0v) is 18.2. The lowest BCUT2D eigenvalue weighted by Crippen LogP contribution is -2.51. The van der Waals surface area contributed by atoms with Crippen LogP contribution >= 0.6 is 0 Å². The lowest BCUT2D eigenvalue weighted by molar-refractivity contribution is -0.142. The number of aliphatic hydroxyl groups is 2. The summed E-state index contributed by atoms with van der Waals surface area (Å²) < 4.78 is 0. The maximum atomic E-state index is 13.6. The summed E-state index contributed by atoms with van der Waals surface area (Å²) in [4.78, 5) is 27.1. The van der Waals surface area contributed by atoms with E-state index in [0.29, 0.717) is 18.8 Å². The second-order valence-electron chi connectivity index (χ2n) is 9.66. The van der Waals surface area contributed by atoms with Gasteiger partial charge >= 0.3 is 0 Å². The summed E-state index contributed by atoms with van der Waals surface area (Å²) >= 11 is 0. The van der Waals surface area contributed by atoms with E-state index < -0.39 is 17.6 Å². The standard InChI is InChI=1S/C24H35NO4/c1-13(2)10-18-22-16(5)15(4)12-17-11-14(3)6-7-19(26)20(27)8-9-21(28)24(17,22)23(29)25-18/h8-9,11-13,16-20,22,26-27H,6-7,10H2,1-5H3,(H,25,29)/t16-,17+,18+,19+,20+,22+,24-/m1/s1. The van der Waals surface area contributed by atoms with Crippen LogP contribution in [0.1, 0.15) is 53.9 Å². The molecule has 29 heavy (non-hydrogen) atoms.